The van der Waals surface area contributed by atoms with E-state index in [-0.39, 0.29) is 11.9 Å². The van der Waals surface area contributed by atoms with E-state index in [4.69, 9.17) is 23.2 Å². The number of aromatic nitrogens is 1. The van der Waals surface area contributed by atoms with Gasteiger partial charge in [0, 0.05) is 11.1 Å². The number of hydrogen-bond donors (Lipinski definition) is 1. The molecule has 2 heterocycles. The van der Waals surface area contributed by atoms with Crippen molar-refractivity contribution < 1.29 is 4.79 Å². The zero-order chi connectivity index (χ0) is 15.9. The van der Waals surface area contributed by atoms with Crippen LogP contribution in [0.4, 0.5) is 5.69 Å². The molecular formula is C16H14Cl2N2OS. The van der Waals surface area contributed by atoms with Gasteiger partial charge in [-0.25, -0.2) is 0 Å². The van der Waals surface area contributed by atoms with Crippen molar-refractivity contribution in [2.45, 2.75) is 19.9 Å². The molecule has 114 valence electrons. The molecule has 0 fully saturated rings. The lowest BCUT2D eigenvalue weighted by Gasteiger charge is -2.14. The standard InChI is InChI=1S/C16H14Cl2N2OS/c1-9(2)20-13-5-6-22-15(13)8-14(20)16(21)19-12-4-3-10(17)7-11(12)18/h3-9H,1-2H3,(H,19,21). The Morgan fingerprint density at radius 1 is 1.23 bits per heavy atom. The number of thiophene rings is 1. The fraction of sp³-hybridized carbons (Fsp3) is 0.188. The molecular weight excluding hydrogens is 339 g/mol. The molecule has 0 bridgehead atoms. The van der Waals surface area contributed by atoms with Crippen LogP contribution in [0.2, 0.25) is 10.0 Å². The van der Waals surface area contributed by atoms with Gasteiger partial charge in [0.15, 0.2) is 0 Å². The van der Waals surface area contributed by atoms with Crippen LogP contribution in [0.15, 0.2) is 35.7 Å². The molecule has 6 heteroatoms. The number of amides is 1. The summed E-state index contributed by atoms with van der Waals surface area (Å²) in [5.41, 5.74) is 2.26. The molecule has 0 aliphatic heterocycles. The van der Waals surface area contributed by atoms with Gasteiger partial charge in [0.1, 0.15) is 5.69 Å². The number of hydrogen-bond acceptors (Lipinski definition) is 2. The van der Waals surface area contributed by atoms with Crippen LogP contribution in [0, 0.1) is 0 Å². The molecule has 3 rings (SSSR count). The van der Waals surface area contributed by atoms with Gasteiger partial charge < -0.3 is 9.88 Å². The van der Waals surface area contributed by atoms with Crippen molar-refractivity contribution in [1.29, 1.82) is 0 Å². The molecule has 0 saturated carbocycles. The first-order valence-electron chi connectivity index (χ1n) is 6.82. The summed E-state index contributed by atoms with van der Waals surface area (Å²) < 4.78 is 3.13. The van der Waals surface area contributed by atoms with Gasteiger partial charge in [-0.1, -0.05) is 23.2 Å². The summed E-state index contributed by atoms with van der Waals surface area (Å²) in [6.07, 6.45) is 0. The Labute approximate surface area is 142 Å². The fourth-order valence-electron chi connectivity index (χ4n) is 2.45. The summed E-state index contributed by atoms with van der Waals surface area (Å²) in [5.74, 6) is -0.179. The van der Waals surface area contributed by atoms with Crippen LogP contribution in [0.3, 0.4) is 0 Å². The maximum absolute atomic E-state index is 12.6. The van der Waals surface area contributed by atoms with E-state index in [2.05, 4.69) is 19.2 Å². The van der Waals surface area contributed by atoms with Gasteiger partial charge in [-0.15, -0.1) is 11.3 Å². The quantitative estimate of drug-likeness (QED) is 0.630. The second kappa shape index (κ2) is 5.95. The lowest BCUT2D eigenvalue weighted by atomic mass is 10.3. The molecule has 1 amide bonds. The van der Waals surface area contributed by atoms with Crippen LogP contribution in [0.1, 0.15) is 30.4 Å². The van der Waals surface area contributed by atoms with Crippen molar-refractivity contribution in [1.82, 2.24) is 4.57 Å². The topological polar surface area (TPSA) is 34.0 Å². The molecule has 3 nitrogen and oxygen atoms in total. The maximum Gasteiger partial charge on any atom is 0.272 e. The average molecular weight is 353 g/mol. The number of nitrogens with one attached hydrogen (secondary N) is 1. The number of benzene rings is 1. The predicted octanol–water partition coefficient (Wildman–Crippen LogP) is 5.84. The Bertz CT molecular complexity index is 851. The summed E-state index contributed by atoms with van der Waals surface area (Å²) in [7, 11) is 0. The SMILES string of the molecule is CC(C)n1c(C(=O)Nc2ccc(Cl)cc2Cl)cc2sccc21. The Hall–Kier alpha value is -1.49. The Morgan fingerprint density at radius 2 is 2.00 bits per heavy atom. The molecule has 0 saturated heterocycles. The third kappa shape index (κ3) is 2.74. The summed E-state index contributed by atoms with van der Waals surface area (Å²) in [5, 5.41) is 5.84. The number of rotatable bonds is 3. The minimum atomic E-state index is -0.179. The van der Waals surface area contributed by atoms with E-state index in [0.29, 0.717) is 21.4 Å². The van der Waals surface area contributed by atoms with E-state index < -0.39 is 0 Å². The molecule has 2 aromatic heterocycles. The van der Waals surface area contributed by atoms with Gasteiger partial charge in [0.2, 0.25) is 0 Å². The van der Waals surface area contributed by atoms with Crippen molar-refractivity contribution in [2.75, 3.05) is 5.32 Å². The first-order valence-corrected chi connectivity index (χ1v) is 8.46. The molecule has 22 heavy (non-hydrogen) atoms. The molecule has 0 aliphatic carbocycles. The largest absolute Gasteiger partial charge is 0.333 e. The predicted molar refractivity (Wildman–Crippen MR) is 94.6 cm³/mol. The van der Waals surface area contributed by atoms with Crippen LogP contribution in [0.5, 0.6) is 0 Å². The van der Waals surface area contributed by atoms with Crippen LogP contribution in [0.25, 0.3) is 10.2 Å². The van der Waals surface area contributed by atoms with E-state index in [1.54, 1.807) is 29.5 Å². The van der Waals surface area contributed by atoms with Gasteiger partial charge in [0.05, 0.1) is 20.9 Å². The highest BCUT2D eigenvalue weighted by atomic mass is 35.5. The monoisotopic (exact) mass is 352 g/mol. The Kier molecular flexibility index (Phi) is 4.17. The molecule has 0 radical (unpaired) electrons. The van der Waals surface area contributed by atoms with E-state index in [0.717, 1.165) is 10.2 Å². The number of anilines is 1. The fourth-order valence-corrected chi connectivity index (χ4v) is 3.72. The maximum atomic E-state index is 12.6. The summed E-state index contributed by atoms with van der Waals surface area (Å²) >= 11 is 13.6. The Balaban J connectivity index is 1.98. The first kappa shape index (κ1) is 15.4. The van der Waals surface area contributed by atoms with E-state index in [1.165, 1.54) is 0 Å². The average Bonchev–Trinajstić information content (AvgIpc) is 3.01. The molecule has 3 aromatic rings. The van der Waals surface area contributed by atoms with Crippen molar-refractivity contribution >= 4 is 56.3 Å². The lowest BCUT2D eigenvalue weighted by Crippen LogP contribution is -2.18. The third-order valence-corrected chi connectivity index (χ3v) is 4.79. The van der Waals surface area contributed by atoms with Crippen molar-refractivity contribution in [2.24, 2.45) is 0 Å². The highest BCUT2D eigenvalue weighted by molar-refractivity contribution is 7.17. The highest BCUT2D eigenvalue weighted by Crippen LogP contribution is 2.30. The second-order valence-electron chi connectivity index (χ2n) is 5.24. The van der Waals surface area contributed by atoms with Gasteiger partial charge in [0.25, 0.3) is 5.91 Å². The summed E-state index contributed by atoms with van der Waals surface area (Å²) in [6, 6.07) is 9.15. The van der Waals surface area contributed by atoms with Crippen LogP contribution in [-0.4, -0.2) is 10.5 Å². The molecule has 0 unspecified atom stereocenters. The van der Waals surface area contributed by atoms with E-state index in [9.17, 15) is 4.79 Å². The zero-order valence-corrected chi connectivity index (χ0v) is 14.4. The van der Waals surface area contributed by atoms with E-state index in [1.807, 2.05) is 22.1 Å². The number of fused-ring (bicyclic) bond motifs is 1. The summed E-state index contributed by atoms with van der Waals surface area (Å²) in [4.78, 5) is 12.6. The van der Waals surface area contributed by atoms with Gasteiger partial charge in [-0.3, -0.25) is 4.79 Å². The normalized spacial score (nSPS) is 11.3. The third-order valence-electron chi connectivity index (χ3n) is 3.39. The highest BCUT2D eigenvalue weighted by Gasteiger charge is 2.19. The summed E-state index contributed by atoms with van der Waals surface area (Å²) in [6.45, 7) is 4.12. The van der Waals surface area contributed by atoms with E-state index >= 15 is 0 Å². The van der Waals surface area contributed by atoms with Gasteiger partial charge in [-0.05, 0) is 49.6 Å². The van der Waals surface area contributed by atoms with Gasteiger partial charge in [-0.2, -0.15) is 0 Å². The number of carbonyl (C=O) groups is 1. The molecule has 0 spiro atoms. The smallest absolute Gasteiger partial charge is 0.272 e. The minimum Gasteiger partial charge on any atom is -0.333 e. The number of halogens is 2. The van der Waals surface area contributed by atoms with Crippen molar-refractivity contribution in [3.8, 4) is 0 Å². The second-order valence-corrected chi connectivity index (χ2v) is 7.03. The zero-order valence-electron chi connectivity index (χ0n) is 12.1. The molecule has 0 atom stereocenters. The number of carbonyl (C=O) groups excluding carboxylic acids is 1. The van der Waals surface area contributed by atoms with Crippen molar-refractivity contribution in [3.63, 3.8) is 0 Å². The molecule has 1 N–H and O–H groups in total. The van der Waals surface area contributed by atoms with Crippen LogP contribution in [-0.2, 0) is 0 Å². The molecule has 1 aromatic carbocycles. The Morgan fingerprint density at radius 3 is 2.68 bits per heavy atom. The van der Waals surface area contributed by atoms with Crippen LogP contribution >= 0.6 is 34.5 Å². The number of nitrogens with zero attached hydrogens (tertiary/aromatic N) is 1. The lowest BCUT2D eigenvalue weighted by molar-refractivity contribution is 0.101. The van der Waals surface area contributed by atoms with Gasteiger partial charge >= 0.3 is 0 Å². The van der Waals surface area contributed by atoms with Crippen LogP contribution < -0.4 is 5.32 Å². The molecule has 0 aliphatic rings. The minimum absolute atomic E-state index is 0.179. The first-order chi connectivity index (χ1) is 10.5. The van der Waals surface area contributed by atoms with Crippen molar-refractivity contribution in [3.05, 3.63) is 51.5 Å².